The predicted molar refractivity (Wildman–Crippen MR) is 96.2 cm³/mol. The number of hydrogen-bond donors (Lipinski definition) is 0. The molecule has 3 aromatic rings. The van der Waals surface area contributed by atoms with Crippen LogP contribution >= 0.6 is 0 Å². The summed E-state index contributed by atoms with van der Waals surface area (Å²) in [5.74, 6) is 0. The zero-order valence-electron chi connectivity index (χ0n) is 13.6. The van der Waals surface area contributed by atoms with Crippen molar-refractivity contribution in [2.24, 2.45) is 0 Å². The van der Waals surface area contributed by atoms with Gasteiger partial charge in [0.25, 0.3) is 0 Å². The molecule has 0 amide bonds. The van der Waals surface area contributed by atoms with Gasteiger partial charge in [-0.2, -0.15) is 0 Å². The summed E-state index contributed by atoms with van der Waals surface area (Å²) in [5, 5.41) is 0. The van der Waals surface area contributed by atoms with Crippen molar-refractivity contribution in [3.63, 3.8) is 0 Å². The van der Waals surface area contributed by atoms with Crippen LogP contribution in [0.2, 0.25) is 0 Å². The second kappa shape index (κ2) is 6.19. The summed E-state index contributed by atoms with van der Waals surface area (Å²) < 4.78 is 0. The Morgan fingerprint density at radius 1 is 0.636 bits per heavy atom. The molecule has 0 saturated carbocycles. The molecule has 0 aliphatic heterocycles. The molecule has 0 aromatic heterocycles. The maximum absolute atomic E-state index is 2.25. The van der Waals surface area contributed by atoms with Crippen molar-refractivity contribution in [1.29, 1.82) is 0 Å². The molecule has 3 aromatic carbocycles. The molecule has 0 spiro atoms. The lowest BCUT2D eigenvalue weighted by atomic mass is 9.89. The summed E-state index contributed by atoms with van der Waals surface area (Å²) in [6.45, 7) is 6.58. The molecule has 0 bridgehead atoms. The Morgan fingerprint density at radius 2 is 1.27 bits per heavy atom. The average molecular weight is 286 g/mol. The van der Waals surface area contributed by atoms with Gasteiger partial charge < -0.3 is 0 Å². The minimum absolute atomic E-state index is 1.08. The van der Waals surface area contributed by atoms with Crippen LogP contribution in [-0.2, 0) is 6.42 Å². The first-order valence-corrected chi connectivity index (χ1v) is 7.95. The summed E-state index contributed by atoms with van der Waals surface area (Å²) in [4.78, 5) is 0. The van der Waals surface area contributed by atoms with Gasteiger partial charge in [0.2, 0.25) is 0 Å². The van der Waals surface area contributed by atoms with Gasteiger partial charge >= 0.3 is 0 Å². The fraction of sp³-hybridized carbons (Fsp3) is 0.182. The smallest absolute Gasteiger partial charge is 0.00735 e. The average Bonchev–Trinajstić information content (AvgIpc) is 2.56. The minimum Gasteiger partial charge on any atom is -0.0620 e. The summed E-state index contributed by atoms with van der Waals surface area (Å²) >= 11 is 0. The Balaban J connectivity index is 2.20. The normalized spacial score (nSPS) is 10.7. The molecule has 0 atom stereocenters. The van der Waals surface area contributed by atoms with Crippen LogP contribution in [0.25, 0.3) is 22.3 Å². The summed E-state index contributed by atoms with van der Waals surface area (Å²) in [6.07, 6.45) is 1.08. The molecular weight excluding hydrogens is 264 g/mol. The van der Waals surface area contributed by atoms with Gasteiger partial charge in [0.05, 0.1) is 0 Å². The minimum atomic E-state index is 1.08. The molecule has 3 rings (SSSR count). The highest BCUT2D eigenvalue weighted by atomic mass is 14.2. The molecule has 0 aliphatic rings. The Morgan fingerprint density at radius 3 is 1.95 bits per heavy atom. The zero-order valence-corrected chi connectivity index (χ0v) is 13.6. The molecule has 22 heavy (non-hydrogen) atoms. The van der Waals surface area contributed by atoms with Crippen molar-refractivity contribution < 1.29 is 0 Å². The first-order chi connectivity index (χ1) is 10.7. The molecule has 0 heteroatoms. The van der Waals surface area contributed by atoms with Gasteiger partial charge in [-0.25, -0.2) is 0 Å². The van der Waals surface area contributed by atoms with Crippen LogP contribution in [-0.4, -0.2) is 0 Å². The quantitative estimate of drug-likeness (QED) is 0.537. The van der Waals surface area contributed by atoms with Crippen LogP contribution in [0.4, 0.5) is 0 Å². The van der Waals surface area contributed by atoms with Gasteiger partial charge in [-0.1, -0.05) is 73.7 Å². The van der Waals surface area contributed by atoms with Crippen LogP contribution < -0.4 is 0 Å². The molecule has 0 unspecified atom stereocenters. The van der Waals surface area contributed by atoms with Crippen molar-refractivity contribution in [3.8, 4) is 22.3 Å². The predicted octanol–water partition coefficient (Wildman–Crippen LogP) is 6.20. The lowest BCUT2D eigenvalue weighted by Crippen LogP contribution is -1.91. The molecule has 0 aliphatic carbocycles. The highest BCUT2D eigenvalue weighted by Gasteiger charge is 2.11. The van der Waals surface area contributed by atoms with Crippen molar-refractivity contribution in [2.45, 2.75) is 27.2 Å². The van der Waals surface area contributed by atoms with E-state index in [0.717, 1.165) is 6.42 Å². The molecular formula is C22H22. The van der Waals surface area contributed by atoms with Crippen molar-refractivity contribution in [2.75, 3.05) is 0 Å². The first-order valence-electron chi connectivity index (χ1n) is 7.95. The summed E-state index contributed by atoms with van der Waals surface area (Å²) in [5.41, 5.74) is 9.32. The number of hydrogen-bond acceptors (Lipinski definition) is 0. The molecule has 0 nitrogen and oxygen atoms in total. The van der Waals surface area contributed by atoms with Crippen molar-refractivity contribution >= 4 is 0 Å². The van der Waals surface area contributed by atoms with Crippen LogP contribution in [0, 0.1) is 13.8 Å². The van der Waals surface area contributed by atoms with E-state index < -0.39 is 0 Å². The van der Waals surface area contributed by atoms with Crippen LogP contribution in [0.3, 0.4) is 0 Å². The van der Waals surface area contributed by atoms with E-state index in [-0.39, 0.29) is 0 Å². The van der Waals surface area contributed by atoms with Crippen molar-refractivity contribution in [3.05, 3.63) is 83.4 Å². The second-order valence-electron chi connectivity index (χ2n) is 5.86. The van der Waals surface area contributed by atoms with E-state index in [1.807, 2.05) is 0 Å². The molecule has 0 radical (unpaired) electrons. The number of rotatable bonds is 3. The van der Waals surface area contributed by atoms with E-state index >= 15 is 0 Å². The molecule has 0 fully saturated rings. The lowest BCUT2D eigenvalue weighted by molar-refractivity contribution is 1.14. The Labute approximate surface area is 133 Å². The summed E-state index contributed by atoms with van der Waals surface area (Å²) in [7, 11) is 0. The maximum atomic E-state index is 2.25. The number of aryl methyl sites for hydroxylation is 3. The third-order valence-corrected chi connectivity index (χ3v) is 4.36. The third-order valence-electron chi connectivity index (χ3n) is 4.36. The van der Waals surface area contributed by atoms with Crippen LogP contribution in [0.15, 0.2) is 66.7 Å². The van der Waals surface area contributed by atoms with Crippen LogP contribution in [0.1, 0.15) is 23.6 Å². The van der Waals surface area contributed by atoms with Crippen molar-refractivity contribution in [1.82, 2.24) is 0 Å². The zero-order chi connectivity index (χ0) is 15.5. The van der Waals surface area contributed by atoms with E-state index in [0.29, 0.717) is 0 Å². The van der Waals surface area contributed by atoms with Gasteiger partial charge in [-0.3, -0.25) is 0 Å². The maximum Gasteiger partial charge on any atom is -0.00735 e. The highest BCUT2D eigenvalue weighted by Crippen LogP contribution is 2.36. The van der Waals surface area contributed by atoms with Gasteiger partial charge in [0.15, 0.2) is 0 Å². The van der Waals surface area contributed by atoms with E-state index in [4.69, 9.17) is 0 Å². The highest BCUT2D eigenvalue weighted by molar-refractivity contribution is 5.86. The van der Waals surface area contributed by atoms with E-state index in [1.54, 1.807) is 0 Å². The Bertz CT molecular complexity index is 779. The third kappa shape index (κ3) is 2.69. The van der Waals surface area contributed by atoms with E-state index in [2.05, 4.69) is 87.5 Å². The topological polar surface area (TPSA) is 0 Å². The Kier molecular flexibility index (Phi) is 4.11. The Hall–Kier alpha value is -2.34. The lowest BCUT2D eigenvalue weighted by Gasteiger charge is -2.15. The summed E-state index contributed by atoms with van der Waals surface area (Å²) in [6, 6.07) is 24.2. The van der Waals surface area contributed by atoms with Gasteiger partial charge in [0.1, 0.15) is 0 Å². The SMILES string of the molecule is CCc1ccc(-c2cccc(C)c2-c2ccccc2C)cc1. The fourth-order valence-corrected chi connectivity index (χ4v) is 3.04. The monoisotopic (exact) mass is 286 g/mol. The molecule has 0 saturated heterocycles. The van der Waals surface area contributed by atoms with Gasteiger partial charge in [0, 0.05) is 0 Å². The first kappa shape index (κ1) is 14.6. The molecule has 110 valence electrons. The standard InChI is InChI=1S/C22H22/c1-4-18-12-14-19(15-13-18)21-11-7-9-17(3)22(21)20-10-6-5-8-16(20)2/h5-15H,4H2,1-3H3. The number of benzene rings is 3. The van der Waals surface area contributed by atoms with Gasteiger partial charge in [-0.05, 0) is 59.2 Å². The molecule has 0 heterocycles. The molecule has 0 N–H and O–H groups in total. The second-order valence-corrected chi connectivity index (χ2v) is 5.86. The van der Waals surface area contributed by atoms with E-state index in [9.17, 15) is 0 Å². The fourth-order valence-electron chi connectivity index (χ4n) is 3.04. The van der Waals surface area contributed by atoms with Crippen LogP contribution in [0.5, 0.6) is 0 Å². The largest absolute Gasteiger partial charge is 0.0620 e. The van der Waals surface area contributed by atoms with E-state index in [1.165, 1.54) is 38.9 Å². The van der Waals surface area contributed by atoms with Gasteiger partial charge in [-0.15, -0.1) is 0 Å².